The summed E-state index contributed by atoms with van der Waals surface area (Å²) in [5, 5.41) is 17.9. The van der Waals surface area contributed by atoms with Crippen molar-refractivity contribution in [1.82, 2.24) is 20.1 Å². The van der Waals surface area contributed by atoms with Crippen molar-refractivity contribution in [3.05, 3.63) is 60.0 Å². The number of aryl methyl sites for hydroxylation is 1. The van der Waals surface area contributed by atoms with E-state index >= 15 is 0 Å². The van der Waals surface area contributed by atoms with Gasteiger partial charge >= 0.3 is 0 Å². The highest BCUT2D eigenvalue weighted by Gasteiger charge is 2.36. The smallest absolute Gasteiger partial charge is 0.253 e. The maximum Gasteiger partial charge on any atom is 0.253 e. The quantitative estimate of drug-likeness (QED) is 0.765. The molecule has 0 radical (unpaired) electrons. The Morgan fingerprint density at radius 2 is 2.12 bits per heavy atom. The number of aromatic nitrogens is 3. The molecule has 0 aliphatic heterocycles. The minimum Gasteiger partial charge on any atom is -0.393 e. The van der Waals surface area contributed by atoms with Gasteiger partial charge in [0.15, 0.2) is 0 Å². The van der Waals surface area contributed by atoms with E-state index in [0.29, 0.717) is 18.4 Å². The summed E-state index contributed by atoms with van der Waals surface area (Å²) in [7, 11) is 1.85. The Morgan fingerprint density at radius 1 is 1.32 bits per heavy atom. The largest absolute Gasteiger partial charge is 0.393 e. The van der Waals surface area contributed by atoms with Crippen molar-refractivity contribution in [2.24, 2.45) is 13.0 Å². The van der Waals surface area contributed by atoms with Crippen molar-refractivity contribution in [3.8, 4) is 0 Å². The number of amides is 1. The number of nitrogens with one attached hydrogen (secondary N) is 1. The van der Waals surface area contributed by atoms with Crippen LogP contribution in [0.5, 0.6) is 0 Å². The molecule has 1 saturated carbocycles. The fraction of sp³-hybridized carbons (Fsp3) is 0.316. The fourth-order valence-electron chi connectivity index (χ4n) is 3.40. The van der Waals surface area contributed by atoms with Gasteiger partial charge in [0.05, 0.1) is 29.4 Å². The van der Waals surface area contributed by atoms with Crippen LogP contribution in [0, 0.1) is 5.92 Å². The highest BCUT2D eigenvalue weighted by atomic mass is 16.3. The number of carbonyl (C=O) groups excluding carboxylic acids is 1. The molecule has 6 nitrogen and oxygen atoms in total. The number of nitrogens with zero attached hydrogens (tertiary/aromatic N) is 3. The van der Waals surface area contributed by atoms with Gasteiger partial charge in [-0.05, 0) is 30.9 Å². The van der Waals surface area contributed by atoms with Crippen LogP contribution < -0.4 is 5.32 Å². The van der Waals surface area contributed by atoms with Gasteiger partial charge in [0.2, 0.25) is 0 Å². The summed E-state index contributed by atoms with van der Waals surface area (Å²) in [5.74, 6) is 0.0602. The topological polar surface area (TPSA) is 80.0 Å². The lowest BCUT2D eigenvalue weighted by Gasteiger charge is -2.37. The molecule has 1 amide bonds. The lowest BCUT2D eigenvalue weighted by atomic mass is 9.75. The first kappa shape index (κ1) is 15.8. The number of aliphatic hydroxyl groups excluding tert-OH is 1. The number of carbonyl (C=O) groups is 1. The summed E-state index contributed by atoms with van der Waals surface area (Å²) in [6.45, 7) is 0. The standard InChI is InChI=1S/C19H20N4O2/c1-23-11-15(10-21-23)18(13-7-16(24)8-13)22-19(25)14-6-12-4-2-3-5-17(12)20-9-14/h2-6,9-11,13,16,18,24H,7-8H2,1H3,(H,22,25)/t13?,16?,18-/m0/s1. The summed E-state index contributed by atoms with van der Waals surface area (Å²) >= 11 is 0. The lowest BCUT2D eigenvalue weighted by Crippen LogP contribution is -2.41. The molecule has 0 bridgehead atoms. The second-order valence-electron chi connectivity index (χ2n) is 6.70. The van der Waals surface area contributed by atoms with E-state index in [-0.39, 0.29) is 24.0 Å². The highest BCUT2D eigenvalue weighted by molar-refractivity contribution is 5.97. The highest BCUT2D eigenvalue weighted by Crippen LogP contribution is 2.38. The number of aliphatic hydroxyl groups is 1. The van der Waals surface area contributed by atoms with Crippen LogP contribution >= 0.6 is 0 Å². The van der Waals surface area contributed by atoms with Crippen molar-refractivity contribution < 1.29 is 9.90 Å². The number of hydrogen-bond acceptors (Lipinski definition) is 4. The lowest BCUT2D eigenvalue weighted by molar-refractivity contribution is 0.0235. The van der Waals surface area contributed by atoms with E-state index in [9.17, 15) is 9.90 Å². The molecule has 2 heterocycles. The molecule has 1 aromatic carbocycles. The molecule has 1 aliphatic rings. The Balaban J connectivity index is 1.58. The van der Waals surface area contributed by atoms with Gasteiger partial charge in [-0.1, -0.05) is 18.2 Å². The van der Waals surface area contributed by atoms with Gasteiger partial charge in [-0.15, -0.1) is 0 Å². The van der Waals surface area contributed by atoms with Gasteiger partial charge in [0.1, 0.15) is 0 Å². The van der Waals surface area contributed by atoms with Crippen LogP contribution in [0.3, 0.4) is 0 Å². The van der Waals surface area contributed by atoms with Gasteiger partial charge in [-0.3, -0.25) is 14.5 Å². The van der Waals surface area contributed by atoms with Crippen molar-refractivity contribution in [2.75, 3.05) is 0 Å². The van der Waals surface area contributed by atoms with Gasteiger partial charge < -0.3 is 10.4 Å². The van der Waals surface area contributed by atoms with Crippen LogP contribution in [-0.2, 0) is 7.05 Å². The second-order valence-corrected chi connectivity index (χ2v) is 6.70. The fourth-order valence-corrected chi connectivity index (χ4v) is 3.40. The van der Waals surface area contributed by atoms with E-state index in [1.165, 1.54) is 0 Å². The van der Waals surface area contributed by atoms with Crippen LogP contribution in [0.1, 0.15) is 34.8 Å². The minimum absolute atomic E-state index is 0.156. The first-order valence-corrected chi connectivity index (χ1v) is 8.42. The van der Waals surface area contributed by atoms with Gasteiger partial charge in [-0.2, -0.15) is 5.10 Å². The molecule has 2 N–H and O–H groups in total. The van der Waals surface area contributed by atoms with Crippen LogP contribution in [0.15, 0.2) is 48.9 Å². The maximum atomic E-state index is 12.8. The molecular formula is C19H20N4O2. The Morgan fingerprint density at radius 3 is 2.84 bits per heavy atom. The zero-order valence-electron chi connectivity index (χ0n) is 14.0. The molecule has 1 fully saturated rings. The number of hydrogen-bond donors (Lipinski definition) is 2. The minimum atomic E-state index is -0.275. The molecular weight excluding hydrogens is 316 g/mol. The van der Waals surface area contributed by atoms with E-state index in [0.717, 1.165) is 16.5 Å². The molecule has 128 valence electrons. The Hall–Kier alpha value is -2.73. The summed E-state index contributed by atoms with van der Waals surface area (Å²) in [4.78, 5) is 17.1. The maximum absolute atomic E-state index is 12.8. The Kier molecular flexibility index (Phi) is 3.97. The summed E-state index contributed by atoms with van der Waals surface area (Å²) in [5.41, 5.74) is 2.36. The summed E-state index contributed by atoms with van der Waals surface area (Å²) in [6.07, 6.45) is 6.39. The molecule has 25 heavy (non-hydrogen) atoms. The third-order valence-electron chi connectivity index (χ3n) is 4.84. The van der Waals surface area contributed by atoms with Crippen molar-refractivity contribution in [1.29, 1.82) is 0 Å². The third-order valence-corrected chi connectivity index (χ3v) is 4.84. The van der Waals surface area contributed by atoms with Crippen molar-refractivity contribution in [2.45, 2.75) is 25.0 Å². The monoisotopic (exact) mass is 336 g/mol. The van der Waals surface area contributed by atoms with E-state index in [1.54, 1.807) is 17.1 Å². The van der Waals surface area contributed by atoms with Gasteiger partial charge in [-0.25, -0.2) is 0 Å². The first-order chi connectivity index (χ1) is 12.1. The molecule has 1 aliphatic carbocycles. The van der Waals surface area contributed by atoms with Crippen LogP contribution in [0.4, 0.5) is 0 Å². The van der Waals surface area contributed by atoms with Crippen molar-refractivity contribution >= 4 is 16.8 Å². The third kappa shape index (κ3) is 3.13. The van der Waals surface area contributed by atoms with E-state index in [2.05, 4.69) is 15.4 Å². The molecule has 3 aromatic rings. The number of fused-ring (bicyclic) bond motifs is 1. The molecule has 0 saturated heterocycles. The van der Waals surface area contributed by atoms with Gasteiger partial charge in [0, 0.05) is 30.4 Å². The number of benzene rings is 1. The molecule has 6 heteroatoms. The first-order valence-electron chi connectivity index (χ1n) is 8.42. The average Bonchev–Trinajstić information content (AvgIpc) is 3.03. The number of pyridine rings is 1. The second kappa shape index (κ2) is 6.29. The predicted octanol–water partition coefficient (Wildman–Crippen LogP) is 2.21. The van der Waals surface area contributed by atoms with E-state index in [4.69, 9.17) is 0 Å². The van der Waals surface area contributed by atoms with Crippen LogP contribution in [-0.4, -0.2) is 31.9 Å². The number of para-hydroxylation sites is 1. The Labute approximate surface area is 145 Å². The Bertz CT molecular complexity index is 914. The molecule has 0 unspecified atom stereocenters. The average molecular weight is 336 g/mol. The van der Waals surface area contributed by atoms with E-state index in [1.807, 2.05) is 43.6 Å². The number of rotatable bonds is 4. The molecule has 4 rings (SSSR count). The van der Waals surface area contributed by atoms with Crippen molar-refractivity contribution in [3.63, 3.8) is 0 Å². The van der Waals surface area contributed by atoms with Crippen LogP contribution in [0.2, 0.25) is 0 Å². The predicted molar refractivity (Wildman–Crippen MR) is 93.9 cm³/mol. The zero-order valence-corrected chi connectivity index (χ0v) is 14.0. The van der Waals surface area contributed by atoms with E-state index < -0.39 is 0 Å². The SMILES string of the molecule is Cn1cc([C@@H](NC(=O)c2cnc3ccccc3c2)C2CC(O)C2)cn1. The summed E-state index contributed by atoms with van der Waals surface area (Å²) < 4.78 is 1.72. The summed E-state index contributed by atoms with van der Waals surface area (Å²) in [6, 6.07) is 9.42. The molecule has 1 atom stereocenters. The zero-order chi connectivity index (χ0) is 17.4. The normalized spacial score (nSPS) is 20.9. The van der Waals surface area contributed by atoms with Crippen LogP contribution in [0.25, 0.3) is 10.9 Å². The molecule has 2 aromatic heterocycles. The molecule has 0 spiro atoms. The van der Waals surface area contributed by atoms with Gasteiger partial charge in [0.25, 0.3) is 5.91 Å².